The monoisotopic (exact) mass is 450 g/mol. The maximum absolute atomic E-state index is 5.88. The van der Waals surface area contributed by atoms with E-state index < -0.39 is 0 Å². The minimum absolute atomic E-state index is 0.500. The molecule has 0 fully saturated rings. The van der Waals surface area contributed by atoms with Crippen LogP contribution in [0.2, 0.25) is 0 Å². The van der Waals surface area contributed by atoms with Gasteiger partial charge in [0.15, 0.2) is 11.5 Å². The summed E-state index contributed by atoms with van der Waals surface area (Å²) in [6.45, 7) is 0. The molecular weight excluding hydrogens is 432 g/mol. The highest BCUT2D eigenvalue weighted by Gasteiger charge is 2.16. The molecule has 0 amide bonds. The fourth-order valence-electron chi connectivity index (χ4n) is 3.31. The van der Waals surface area contributed by atoms with Gasteiger partial charge in [-0.3, -0.25) is 0 Å². The summed E-state index contributed by atoms with van der Waals surface area (Å²) in [6.07, 6.45) is 1.89. The van der Waals surface area contributed by atoms with E-state index in [0.717, 1.165) is 32.7 Å². The van der Waals surface area contributed by atoms with Crippen molar-refractivity contribution in [2.24, 2.45) is 0 Å². The highest BCUT2D eigenvalue weighted by molar-refractivity contribution is 7.98. The van der Waals surface area contributed by atoms with Gasteiger partial charge in [-0.1, -0.05) is 36.0 Å². The van der Waals surface area contributed by atoms with E-state index in [1.165, 1.54) is 11.8 Å². The Morgan fingerprint density at radius 2 is 1.94 bits per heavy atom. The molecule has 0 atom stereocenters. The molecule has 1 N–H and O–H groups in total. The second kappa shape index (κ2) is 8.44. The lowest BCUT2D eigenvalue weighted by Gasteiger charge is -2.10. The van der Waals surface area contributed by atoms with Crippen molar-refractivity contribution in [2.45, 2.75) is 11.0 Å². The van der Waals surface area contributed by atoms with E-state index in [4.69, 9.17) is 18.9 Å². The number of para-hydroxylation sites is 2. The molecule has 0 spiro atoms. The van der Waals surface area contributed by atoms with Gasteiger partial charge < -0.3 is 18.9 Å². The highest BCUT2D eigenvalue weighted by atomic mass is 32.2. The van der Waals surface area contributed by atoms with Gasteiger partial charge in [0.05, 0.1) is 31.0 Å². The molecule has 156 valence electrons. The number of ether oxygens (including phenoxy) is 2. The molecule has 0 aliphatic heterocycles. The molecule has 0 unspecified atom stereocenters. The number of aromatic amines is 1. The SMILES string of the molecule is COc1cccc(-c2nc(CSc3nnc(-c4c[nH]c5ccccc45)o3)cs2)c1OC. The first-order chi connectivity index (χ1) is 15.3. The Bertz CT molecular complexity index is 1340. The van der Waals surface area contributed by atoms with Crippen LogP contribution in [0.1, 0.15) is 5.69 Å². The van der Waals surface area contributed by atoms with Crippen LogP contribution in [0.3, 0.4) is 0 Å². The smallest absolute Gasteiger partial charge is 0.277 e. The maximum atomic E-state index is 5.88. The largest absolute Gasteiger partial charge is 0.493 e. The van der Waals surface area contributed by atoms with Crippen molar-refractivity contribution < 1.29 is 13.9 Å². The summed E-state index contributed by atoms with van der Waals surface area (Å²) in [5, 5.41) is 12.9. The molecule has 9 heteroatoms. The van der Waals surface area contributed by atoms with Gasteiger partial charge in [-0.25, -0.2) is 4.98 Å². The number of nitrogens with one attached hydrogen (secondary N) is 1. The normalized spacial score (nSPS) is 11.2. The number of nitrogens with zero attached hydrogens (tertiary/aromatic N) is 3. The number of benzene rings is 2. The van der Waals surface area contributed by atoms with Crippen LogP contribution < -0.4 is 9.47 Å². The summed E-state index contributed by atoms with van der Waals surface area (Å²) in [5.41, 5.74) is 3.77. The summed E-state index contributed by atoms with van der Waals surface area (Å²) >= 11 is 3.02. The number of rotatable bonds is 7. The third kappa shape index (κ3) is 3.77. The van der Waals surface area contributed by atoms with Crippen molar-refractivity contribution in [1.82, 2.24) is 20.2 Å². The molecular formula is C22H18N4O3S2. The number of methoxy groups -OCH3 is 2. The zero-order chi connectivity index (χ0) is 21.2. The van der Waals surface area contributed by atoms with Crippen LogP contribution in [0.15, 0.2) is 63.7 Å². The summed E-state index contributed by atoms with van der Waals surface area (Å²) in [7, 11) is 3.26. The van der Waals surface area contributed by atoms with E-state index in [1.807, 2.05) is 54.0 Å². The Labute approximate surface area is 186 Å². The summed E-state index contributed by atoms with van der Waals surface area (Å²) in [5.74, 6) is 2.49. The summed E-state index contributed by atoms with van der Waals surface area (Å²) < 4.78 is 16.8. The maximum Gasteiger partial charge on any atom is 0.277 e. The lowest BCUT2D eigenvalue weighted by molar-refractivity contribution is 0.356. The van der Waals surface area contributed by atoms with Crippen LogP contribution in [0, 0.1) is 0 Å². The second-order valence-electron chi connectivity index (χ2n) is 6.59. The number of thiazole rings is 1. The first-order valence-corrected chi connectivity index (χ1v) is 11.3. The van der Waals surface area contributed by atoms with Gasteiger partial charge in [-0.2, -0.15) is 0 Å². The Morgan fingerprint density at radius 3 is 2.81 bits per heavy atom. The Kier molecular flexibility index (Phi) is 5.35. The number of aromatic nitrogens is 4. The Morgan fingerprint density at radius 1 is 1.03 bits per heavy atom. The van der Waals surface area contributed by atoms with E-state index in [2.05, 4.69) is 15.2 Å². The quantitative estimate of drug-likeness (QED) is 0.321. The van der Waals surface area contributed by atoms with Gasteiger partial charge in [-0.15, -0.1) is 21.5 Å². The first-order valence-electron chi connectivity index (χ1n) is 9.45. The van der Waals surface area contributed by atoms with E-state index in [-0.39, 0.29) is 0 Å². The molecule has 0 aliphatic carbocycles. The molecule has 7 nitrogen and oxygen atoms in total. The summed E-state index contributed by atoms with van der Waals surface area (Å²) in [4.78, 5) is 7.97. The molecule has 31 heavy (non-hydrogen) atoms. The zero-order valence-electron chi connectivity index (χ0n) is 16.8. The minimum atomic E-state index is 0.500. The third-order valence-corrected chi connectivity index (χ3v) is 6.53. The van der Waals surface area contributed by atoms with E-state index in [0.29, 0.717) is 28.4 Å². The predicted molar refractivity (Wildman–Crippen MR) is 122 cm³/mol. The van der Waals surface area contributed by atoms with E-state index in [9.17, 15) is 0 Å². The molecule has 3 heterocycles. The topological polar surface area (TPSA) is 86.1 Å². The second-order valence-corrected chi connectivity index (χ2v) is 8.38. The van der Waals surface area contributed by atoms with Crippen LogP contribution in [-0.2, 0) is 5.75 Å². The molecule has 5 rings (SSSR count). The van der Waals surface area contributed by atoms with Crippen LogP contribution in [0.5, 0.6) is 11.5 Å². The van der Waals surface area contributed by atoms with Gasteiger partial charge in [0.2, 0.25) is 0 Å². The summed E-state index contributed by atoms with van der Waals surface area (Å²) in [6, 6.07) is 13.8. The molecule has 5 aromatic rings. The highest BCUT2D eigenvalue weighted by Crippen LogP contribution is 2.39. The molecule has 2 aromatic carbocycles. The average molecular weight is 451 g/mol. The van der Waals surface area contributed by atoms with Crippen LogP contribution in [0.4, 0.5) is 0 Å². The van der Waals surface area contributed by atoms with Crippen LogP contribution in [-0.4, -0.2) is 34.4 Å². The number of hydrogen-bond donors (Lipinski definition) is 1. The van der Waals surface area contributed by atoms with Gasteiger partial charge in [0, 0.05) is 28.2 Å². The van der Waals surface area contributed by atoms with E-state index >= 15 is 0 Å². The molecule has 0 aliphatic rings. The van der Waals surface area contributed by atoms with Crippen molar-refractivity contribution in [1.29, 1.82) is 0 Å². The first kappa shape index (κ1) is 19.7. The molecule has 0 radical (unpaired) electrons. The number of H-pyrrole nitrogens is 1. The van der Waals surface area contributed by atoms with Gasteiger partial charge in [0.25, 0.3) is 11.1 Å². The number of fused-ring (bicyclic) bond motifs is 1. The Hall–Kier alpha value is -3.30. The van der Waals surface area contributed by atoms with Crippen LogP contribution in [0.25, 0.3) is 32.9 Å². The zero-order valence-corrected chi connectivity index (χ0v) is 18.4. The third-order valence-electron chi connectivity index (χ3n) is 4.75. The number of hydrogen-bond acceptors (Lipinski definition) is 8. The number of thioether (sulfide) groups is 1. The standard InChI is InChI=1S/C22H18N4O3S2/c1-27-18-9-5-7-15(19(18)28-2)21-24-13(11-30-21)12-31-22-26-25-20(29-22)16-10-23-17-8-4-3-6-14(16)17/h3-11,23H,12H2,1-2H3. The van der Waals surface area contributed by atoms with Gasteiger partial charge in [-0.05, 0) is 18.2 Å². The van der Waals surface area contributed by atoms with Gasteiger partial charge >= 0.3 is 0 Å². The molecule has 3 aromatic heterocycles. The fourth-order valence-corrected chi connectivity index (χ4v) is 4.92. The van der Waals surface area contributed by atoms with Crippen molar-refractivity contribution in [3.8, 4) is 33.5 Å². The van der Waals surface area contributed by atoms with Crippen molar-refractivity contribution in [3.05, 3.63) is 59.7 Å². The van der Waals surface area contributed by atoms with Gasteiger partial charge in [0.1, 0.15) is 5.01 Å². The van der Waals surface area contributed by atoms with Crippen LogP contribution >= 0.6 is 23.1 Å². The van der Waals surface area contributed by atoms with Crippen molar-refractivity contribution in [3.63, 3.8) is 0 Å². The van der Waals surface area contributed by atoms with E-state index in [1.54, 1.807) is 25.6 Å². The van der Waals surface area contributed by atoms with Crippen molar-refractivity contribution >= 4 is 34.0 Å². The Balaban J connectivity index is 1.32. The minimum Gasteiger partial charge on any atom is -0.493 e. The molecule has 0 bridgehead atoms. The fraction of sp³-hybridized carbons (Fsp3) is 0.136. The lowest BCUT2D eigenvalue weighted by Crippen LogP contribution is -1.93. The lowest BCUT2D eigenvalue weighted by atomic mass is 10.2. The molecule has 0 saturated carbocycles. The predicted octanol–water partition coefficient (Wildman–Crippen LogP) is 5.65. The molecule has 0 saturated heterocycles. The average Bonchev–Trinajstić information content (AvgIpc) is 3.56. The van der Waals surface area contributed by atoms with Crippen molar-refractivity contribution in [2.75, 3.05) is 14.2 Å².